The number of rotatable bonds is 8. The van der Waals surface area contributed by atoms with Crippen molar-refractivity contribution in [2.24, 2.45) is 5.41 Å². The van der Waals surface area contributed by atoms with E-state index in [0.717, 1.165) is 29.8 Å². The van der Waals surface area contributed by atoms with Crippen molar-refractivity contribution in [1.82, 2.24) is 14.7 Å². The maximum absolute atomic E-state index is 13.1. The summed E-state index contributed by atoms with van der Waals surface area (Å²) in [6.45, 7) is 19.2. The topological polar surface area (TPSA) is 67.2 Å². The highest BCUT2D eigenvalue weighted by Gasteiger charge is 2.25. The minimum atomic E-state index is -0.209. The average Bonchev–Trinajstić information content (AvgIpc) is 3.07. The van der Waals surface area contributed by atoms with Gasteiger partial charge in [0.2, 0.25) is 11.8 Å². The van der Waals surface area contributed by atoms with Crippen LogP contribution in [0.15, 0.2) is 24.3 Å². The smallest absolute Gasteiger partial charge is 0.245 e. The lowest BCUT2D eigenvalue weighted by Gasteiger charge is -2.26. The zero-order valence-electron chi connectivity index (χ0n) is 22.0. The molecule has 1 heterocycles. The second-order valence-corrected chi connectivity index (χ2v) is 11.3. The number of aromatic nitrogens is 2. The zero-order valence-corrected chi connectivity index (χ0v) is 22.0. The first-order valence-electron chi connectivity index (χ1n) is 12.0. The Morgan fingerprint density at radius 2 is 1.73 bits per heavy atom. The summed E-state index contributed by atoms with van der Waals surface area (Å²) in [5.41, 5.74) is 3.79. The maximum Gasteiger partial charge on any atom is 0.245 e. The summed E-state index contributed by atoms with van der Waals surface area (Å²) < 4.78 is 1.81. The minimum Gasteiger partial charge on any atom is -0.333 e. The highest BCUT2D eigenvalue weighted by Crippen LogP contribution is 2.28. The molecule has 182 valence electrons. The van der Waals surface area contributed by atoms with Crippen molar-refractivity contribution in [3.8, 4) is 5.69 Å². The fourth-order valence-electron chi connectivity index (χ4n) is 3.63. The first kappa shape index (κ1) is 26.6. The number of nitrogens with one attached hydrogen (secondary N) is 1. The van der Waals surface area contributed by atoms with Crippen molar-refractivity contribution < 1.29 is 9.59 Å². The number of hydrogen-bond acceptors (Lipinski definition) is 3. The van der Waals surface area contributed by atoms with Crippen LogP contribution in [0.3, 0.4) is 0 Å². The van der Waals surface area contributed by atoms with E-state index in [4.69, 9.17) is 5.10 Å². The fraction of sp³-hybridized carbons (Fsp3) is 0.593. The van der Waals surface area contributed by atoms with Crippen LogP contribution in [0.2, 0.25) is 0 Å². The Labute approximate surface area is 199 Å². The summed E-state index contributed by atoms with van der Waals surface area (Å²) in [6, 6.07) is 8.12. The van der Waals surface area contributed by atoms with Crippen LogP contribution in [-0.4, -0.2) is 39.6 Å². The highest BCUT2D eigenvalue weighted by atomic mass is 16.2. The molecule has 2 amide bonds. The van der Waals surface area contributed by atoms with E-state index in [1.54, 1.807) is 9.58 Å². The molecule has 0 spiro atoms. The van der Waals surface area contributed by atoms with E-state index in [2.05, 4.69) is 46.0 Å². The Bertz CT molecular complexity index is 977. The summed E-state index contributed by atoms with van der Waals surface area (Å²) in [4.78, 5) is 27.7. The summed E-state index contributed by atoms with van der Waals surface area (Å²) in [6.07, 6.45) is 2.26. The zero-order chi connectivity index (χ0) is 25.0. The third-order valence-electron chi connectivity index (χ3n) is 5.48. The maximum atomic E-state index is 13.1. The third kappa shape index (κ3) is 7.72. The monoisotopic (exact) mass is 454 g/mol. The Hall–Kier alpha value is -2.63. The van der Waals surface area contributed by atoms with Gasteiger partial charge in [-0.25, -0.2) is 4.68 Å². The Morgan fingerprint density at radius 1 is 1.06 bits per heavy atom. The molecule has 0 aliphatic rings. The molecule has 0 bridgehead atoms. The number of hydrogen-bond donors (Lipinski definition) is 1. The lowest BCUT2D eigenvalue weighted by molar-refractivity contribution is -0.136. The molecule has 1 aromatic heterocycles. The molecule has 0 saturated carbocycles. The molecule has 2 aromatic rings. The largest absolute Gasteiger partial charge is 0.333 e. The van der Waals surface area contributed by atoms with Crippen LogP contribution < -0.4 is 5.32 Å². The van der Waals surface area contributed by atoms with Gasteiger partial charge in [0.25, 0.3) is 0 Å². The number of nitrogens with zero attached hydrogens (tertiary/aromatic N) is 3. The van der Waals surface area contributed by atoms with Crippen molar-refractivity contribution in [3.05, 3.63) is 41.1 Å². The van der Waals surface area contributed by atoms with E-state index in [1.807, 2.05) is 45.9 Å². The van der Waals surface area contributed by atoms with Crippen LogP contribution in [0.5, 0.6) is 0 Å². The fourth-order valence-corrected chi connectivity index (χ4v) is 3.63. The summed E-state index contributed by atoms with van der Waals surface area (Å²) in [5.74, 6) is 0.430. The molecule has 0 radical (unpaired) electrons. The summed E-state index contributed by atoms with van der Waals surface area (Å²) >= 11 is 0. The average molecular weight is 455 g/mol. The number of benzene rings is 1. The number of carbonyl (C=O) groups is 2. The van der Waals surface area contributed by atoms with Gasteiger partial charge >= 0.3 is 0 Å². The Balaban J connectivity index is 2.32. The summed E-state index contributed by atoms with van der Waals surface area (Å²) in [7, 11) is 0. The van der Waals surface area contributed by atoms with Crippen LogP contribution >= 0.6 is 0 Å². The normalized spacial score (nSPS) is 12.0. The van der Waals surface area contributed by atoms with Gasteiger partial charge in [-0.05, 0) is 37.3 Å². The Kier molecular flexibility index (Phi) is 8.50. The molecular weight excluding hydrogens is 412 g/mol. The highest BCUT2D eigenvalue weighted by molar-refractivity contribution is 5.94. The van der Waals surface area contributed by atoms with Gasteiger partial charge in [-0.3, -0.25) is 9.59 Å². The number of amides is 2. The second kappa shape index (κ2) is 10.5. The van der Waals surface area contributed by atoms with Crippen LogP contribution in [-0.2, 0) is 15.0 Å². The van der Waals surface area contributed by atoms with Gasteiger partial charge in [0.1, 0.15) is 5.82 Å². The SMILES string of the molecule is CCCCN(CC(=O)Nc1cc(C(C)(C)C)nn1-c1ccc(C)cc1C)C(=O)CC(C)(C)C. The van der Waals surface area contributed by atoms with E-state index in [1.165, 1.54) is 5.56 Å². The number of carbonyl (C=O) groups excluding carboxylic acids is 2. The van der Waals surface area contributed by atoms with Gasteiger partial charge in [-0.2, -0.15) is 5.10 Å². The van der Waals surface area contributed by atoms with Crippen molar-refractivity contribution in [1.29, 1.82) is 0 Å². The predicted molar refractivity (Wildman–Crippen MR) is 136 cm³/mol. The van der Waals surface area contributed by atoms with E-state index in [-0.39, 0.29) is 29.2 Å². The molecule has 6 heteroatoms. The minimum absolute atomic E-state index is 0.0179. The molecule has 0 atom stereocenters. The molecular formula is C27H42N4O2. The molecule has 0 aliphatic heterocycles. The van der Waals surface area contributed by atoms with Gasteiger partial charge < -0.3 is 10.2 Å². The van der Waals surface area contributed by atoms with Crippen LogP contribution in [0.4, 0.5) is 5.82 Å². The first-order valence-corrected chi connectivity index (χ1v) is 12.0. The quantitative estimate of drug-likeness (QED) is 0.549. The Morgan fingerprint density at radius 3 is 2.27 bits per heavy atom. The van der Waals surface area contributed by atoms with Crippen molar-refractivity contribution in [2.75, 3.05) is 18.4 Å². The van der Waals surface area contributed by atoms with E-state index >= 15 is 0 Å². The molecule has 33 heavy (non-hydrogen) atoms. The van der Waals surface area contributed by atoms with Gasteiger partial charge in [0.05, 0.1) is 17.9 Å². The van der Waals surface area contributed by atoms with Crippen molar-refractivity contribution in [2.45, 2.75) is 87.0 Å². The van der Waals surface area contributed by atoms with Crippen molar-refractivity contribution >= 4 is 17.6 Å². The van der Waals surface area contributed by atoms with E-state index < -0.39 is 0 Å². The lowest BCUT2D eigenvalue weighted by atomic mass is 9.91. The molecule has 1 N–H and O–H groups in total. The lowest BCUT2D eigenvalue weighted by Crippen LogP contribution is -2.40. The summed E-state index contributed by atoms with van der Waals surface area (Å²) in [5, 5.41) is 7.86. The molecule has 2 rings (SSSR count). The second-order valence-electron chi connectivity index (χ2n) is 11.3. The molecule has 0 unspecified atom stereocenters. The molecule has 0 saturated heterocycles. The van der Waals surface area contributed by atoms with Crippen LogP contribution in [0, 0.1) is 19.3 Å². The van der Waals surface area contributed by atoms with E-state index in [9.17, 15) is 9.59 Å². The first-order chi connectivity index (χ1) is 15.2. The standard InChI is InChI=1S/C27H42N4O2/c1-10-11-14-30(25(33)17-26(4,5)6)18-24(32)28-23-16-22(27(7,8)9)29-31(23)21-13-12-19(2)15-20(21)3/h12-13,15-16H,10-11,14,17-18H2,1-9H3,(H,28,32). The predicted octanol–water partition coefficient (Wildman–Crippen LogP) is 5.79. The number of unbranched alkanes of at least 4 members (excludes halogenated alkanes) is 1. The van der Waals surface area contributed by atoms with Gasteiger partial charge in [0, 0.05) is 24.4 Å². The molecule has 6 nitrogen and oxygen atoms in total. The van der Waals surface area contributed by atoms with Gasteiger partial charge in [0.15, 0.2) is 0 Å². The van der Waals surface area contributed by atoms with Gasteiger partial charge in [-0.15, -0.1) is 0 Å². The molecule has 0 aliphatic carbocycles. The molecule has 0 fully saturated rings. The van der Waals surface area contributed by atoms with Crippen molar-refractivity contribution in [3.63, 3.8) is 0 Å². The van der Waals surface area contributed by atoms with Crippen LogP contribution in [0.25, 0.3) is 5.69 Å². The van der Waals surface area contributed by atoms with Crippen LogP contribution in [0.1, 0.15) is 84.5 Å². The van der Waals surface area contributed by atoms with E-state index in [0.29, 0.717) is 18.8 Å². The number of aryl methyl sites for hydroxylation is 2. The molecule has 1 aromatic carbocycles. The van der Waals surface area contributed by atoms with Gasteiger partial charge in [-0.1, -0.05) is 72.6 Å². The third-order valence-corrected chi connectivity index (χ3v) is 5.48. The number of anilines is 1.